The maximum Gasteiger partial charge on any atom is 0.213 e. The Kier molecular flexibility index (Phi) is 4.90. The SMILES string of the molecule is COc1ccc(CNCc2ccnc(OC)c2)c(F)c1. The van der Waals surface area contributed by atoms with Crippen molar-refractivity contribution in [2.24, 2.45) is 0 Å². The molecule has 0 aliphatic rings. The first-order valence-electron chi connectivity index (χ1n) is 6.25. The van der Waals surface area contributed by atoms with Gasteiger partial charge in [-0.15, -0.1) is 0 Å². The number of halogens is 1. The molecule has 1 N–H and O–H groups in total. The van der Waals surface area contributed by atoms with Crippen LogP contribution >= 0.6 is 0 Å². The lowest BCUT2D eigenvalue weighted by Crippen LogP contribution is -2.14. The molecule has 4 nitrogen and oxygen atoms in total. The zero-order chi connectivity index (χ0) is 14.4. The Labute approximate surface area is 117 Å². The molecule has 0 amide bonds. The van der Waals surface area contributed by atoms with Crippen LogP contribution in [0.25, 0.3) is 0 Å². The van der Waals surface area contributed by atoms with Crippen molar-refractivity contribution < 1.29 is 13.9 Å². The molecule has 0 atom stereocenters. The Balaban J connectivity index is 1.92. The van der Waals surface area contributed by atoms with Gasteiger partial charge in [-0.2, -0.15) is 0 Å². The molecule has 0 unspecified atom stereocenters. The van der Waals surface area contributed by atoms with Gasteiger partial charge in [-0.05, 0) is 17.7 Å². The first kappa shape index (κ1) is 14.3. The zero-order valence-corrected chi connectivity index (χ0v) is 11.5. The first-order chi connectivity index (χ1) is 9.72. The van der Waals surface area contributed by atoms with E-state index in [0.29, 0.717) is 30.3 Å². The van der Waals surface area contributed by atoms with E-state index in [4.69, 9.17) is 9.47 Å². The molecule has 0 fully saturated rings. The van der Waals surface area contributed by atoms with Gasteiger partial charge in [0.1, 0.15) is 11.6 Å². The maximum absolute atomic E-state index is 13.7. The quantitative estimate of drug-likeness (QED) is 0.880. The van der Waals surface area contributed by atoms with Gasteiger partial charge < -0.3 is 14.8 Å². The summed E-state index contributed by atoms with van der Waals surface area (Å²) in [5.41, 5.74) is 1.64. The predicted octanol–water partition coefficient (Wildman–Crippen LogP) is 2.53. The average molecular weight is 276 g/mol. The van der Waals surface area contributed by atoms with Gasteiger partial charge in [0, 0.05) is 37.0 Å². The van der Waals surface area contributed by atoms with Crippen LogP contribution in [0.2, 0.25) is 0 Å². The average Bonchev–Trinajstić information content (AvgIpc) is 2.49. The van der Waals surface area contributed by atoms with E-state index >= 15 is 0 Å². The number of ether oxygens (including phenoxy) is 2. The van der Waals surface area contributed by atoms with Crippen LogP contribution in [0, 0.1) is 5.82 Å². The number of pyridine rings is 1. The van der Waals surface area contributed by atoms with Crippen molar-refractivity contribution in [3.05, 3.63) is 53.5 Å². The van der Waals surface area contributed by atoms with Crippen molar-refractivity contribution in [2.45, 2.75) is 13.1 Å². The van der Waals surface area contributed by atoms with Crippen LogP contribution in [0.4, 0.5) is 4.39 Å². The molecule has 106 valence electrons. The van der Waals surface area contributed by atoms with Crippen LogP contribution in [-0.2, 0) is 13.1 Å². The van der Waals surface area contributed by atoms with Gasteiger partial charge in [0.15, 0.2) is 0 Å². The third-order valence-corrected chi connectivity index (χ3v) is 2.91. The Hall–Kier alpha value is -2.14. The molecule has 1 aromatic heterocycles. The van der Waals surface area contributed by atoms with Crippen molar-refractivity contribution in [2.75, 3.05) is 14.2 Å². The molecule has 1 aromatic carbocycles. The van der Waals surface area contributed by atoms with Gasteiger partial charge in [-0.1, -0.05) is 6.07 Å². The number of aromatic nitrogens is 1. The summed E-state index contributed by atoms with van der Waals surface area (Å²) >= 11 is 0. The van der Waals surface area contributed by atoms with Crippen LogP contribution in [0.15, 0.2) is 36.5 Å². The van der Waals surface area contributed by atoms with Crippen LogP contribution in [0.5, 0.6) is 11.6 Å². The van der Waals surface area contributed by atoms with Gasteiger partial charge in [-0.25, -0.2) is 9.37 Å². The predicted molar refractivity (Wildman–Crippen MR) is 74.3 cm³/mol. The van der Waals surface area contributed by atoms with Gasteiger partial charge >= 0.3 is 0 Å². The summed E-state index contributed by atoms with van der Waals surface area (Å²) in [7, 11) is 3.09. The van der Waals surface area contributed by atoms with Gasteiger partial charge in [0.25, 0.3) is 0 Å². The van der Waals surface area contributed by atoms with Crippen molar-refractivity contribution in [3.63, 3.8) is 0 Å². The smallest absolute Gasteiger partial charge is 0.213 e. The van der Waals surface area contributed by atoms with E-state index in [0.717, 1.165) is 5.56 Å². The van der Waals surface area contributed by atoms with Gasteiger partial charge in [0.2, 0.25) is 5.88 Å². The molecular formula is C15H17FN2O2. The van der Waals surface area contributed by atoms with Crippen molar-refractivity contribution >= 4 is 0 Å². The summed E-state index contributed by atoms with van der Waals surface area (Å²) in [6, 6.07) is 8.58. The number of nitrogens with zero attached hydrogens (tertiary/aromatic N) is 1. The van der Waals surface area contributed by atoms with E-state index in [2.05, 4.69) is 10.3 Å². The number of nitrogens with one attached hydrogen (secondary N) is 1. The molecule has 0 radical (unpaired) electrons. The van der Waals surface area contributed by atoms with E-state index in [1.165, 1.54) is 13.2 Å². The molecule has 0 aliphatic heterocycles. The second kappa shape index (κ2) is 6.86. The van der Waals surface area contributed by atoms with E-state index in [1.54, 1.807) is 25.4 Å². The van der Waals surface area contributed by atoms with Crippen LogP contribution in [0.1, 0.15) is 11.1 Å². The minimum absolute atomic E-state index is 0.274. The Morgan fingerprint density at radius 2 is 1.95 bits per heavy atom. The van der Waals surface area contributed by atoms with Crippen LogP contribution < -0.4 is 14.8 Å². The molecule has 0 bridgehead atoms. The summed E-state index contributed by atoms with van der Waals surface area (Å²) in [6.45, 7) is 1.06. The highest BCUT2D eigenvalue weighted by Crippen LogP contribution is 2.16. The standard InChI is InChI=1S/C15H17FN2O2/c1-19-13-4-3-12(14(16)8-13)10-17-9-11-5-6-18-15(7-11)20-2/h3-8,17H,9-10H2,1-2H3. The summed E-state index contributed by atoms with van der Waals surface area (Å²) < 4.78 is 23.8. The van der Waals surface area contributed by atoms with Crippen LogP contribution in [-0.4, -0.2) is 19.2 Å². The molecule has 1 heterocycles. The van der Waals surface area contributed by atoms with E-state index in [-0.39, 0.29) is 5.82 Å². The molecule has 0 saturated heterocycles. The molecule has 0 aliphatic carbocycles. The van der Waals surface area contributed by atoms with Gasteiger partial charge in [0.05, 0.1) is 14.2 Å². The third-order valence-electron chi connectivity index (χ3n) is 2.91. The second-order valence-corrected chi connectivity index (χ2v) is 4.27. The number of rotatable bonds is 6. The fourth-order valence-electron chi connectivity index (χ4n) is 1.81. The highest BCUT2D eigenvalue weighted by atomic mass is 19.1. The fourth-order valence-corrected chi connectivity index (χ4v) is 1.81. The summed E-state index contributed by atoms with van der Waals surface area (Å²) in [6.07, 6.45) is 1.68. The monoisotopic (exact) mass is 276 g/mol. The van der Waals surface area contributed by atoms with E-state index < -0.39 is 0 Å². The molecule has 5 heteroatoms. The Bertz CT molecular complexity index is 576. The van der Waals surface area contributed by atoms with Gasteiger partial charge in [-0.3, -0.25) is 0 Å². The lowest BCUT2D eigenvalue weighted by atomic mass is 10.2. The largest absolute Gasteiger partial charge is 0.497 e. The molecule has 0 saturated carbocycles. The van der Waals surface area contributed by atoms with Crippen molar-refractivity contribution in [3.8, 4) is 11.6 Å². The first-order valence-corrected chi connectivity index (χ1v) is 6.25. The van der Waals surface area contributed by atoms with E-state index in [9.17, 15) is 4.39 Å². The minimum atomic E-state index is -0.274. The minimum Gasteiger partial charge on any atom is -0.497 e. The molecule has 2 rings (SSSR count). The lowest BCUT2D eigenvalue weighted by molar-refractivity contribution is 0.397. The maximum atomic E-state index is 13.7. The number of hydrogen-bond donors (Lipinski definition) is 1. The number of methoxy groups -OCH3 is 2. The topological polar surface area (TPSA) is 43.4 Å². The zero-order valence-electron chi connectivity index (χ0n) is 11.5. The summed E-state index contributed by atoms with van der Waals surface area (Å²) in [5, 5.41) is 3.18. The molecular weight excluding hydrogens is 259 g/mol. The molecule has 20 heavy (non-hydrogen) atoms. The summed E-state index contributed by atoms with van der Waals surface area (Å²) in [4.78, 5) is 4.03. The number of benzene rings is 1. The third kappa shape index (κ3) is 3.68. The molecule has 2 aromatic rings. The normalized spacial score (nSPS) is 10.3. The van der Waals surface area contributed by atoms with Crippen LogP contribution in [0.3, 0.4) is 0 Å². The summed E-state index contributed by atoms with van der Waals surface area (Å²) in [5.74, 6) is 0.814. The number of hydrogen-bond acceptors (Lipinski definition) is 4. The van der Waals surface area contributed by atoms with Crippen molar-refractivity contribution in [1.29, 1.82) is 0 Å². The Morgan fingerprint density at radius 1 is 1.10 bits per heavy atom. The highest BCUT2D eigenvalue weighted by molar-refractivity contribution is 5.29. The highest BCUT2D eigenvalue weighted by Gasteiger charge is 2.04. The van der Waals surface area contributed by atoms with Crippen molar-refractivity contribution in [1.82, 2.24) is 10.3 Å². The van der Waals surface area contributed by atoms with E-state index in [1.807, 2.05) is 12.1 Å². The fraction of sp³-hybridized carbons (Fsp3) is 0.267. The second-order valence-electron chi connectivity index (χ2n) is 4.27. The molecule has 0 spiro atoms. The lowest BCUT2D eigenvalue weighted by Gasteiger charge is -2.08. The Morgan fingerprint density at radius 3 is 2.65 bits per heavy atom.